The van der Waals surface area contributed by atoms with E-state index in [-0.39, 0.29) is 0 Å². The Hall–Kier alpha value is -1.29. The average molecular weight is 254 g/mol. The van der Waals surface area contributed by atoms with Crippen molar-refractivity contribution in [3.05, 3.63) is 23.8 Å². The fourth-order valence-electron chi connectivity index (χ4n) is 1.49. The molecule has 0 amide bonds. The van der Waals surface area contributed by atoms with Crippen LogP contribution in [0.25, 0.3) is 6.08 Å². The summed E-state index contributed by atoms with van der Waals surface area (Å²) >= 11 is 4.16. The summed E-state index contributed by atoms with van der Waals surface area (Å²) in [4.78, 5) is 0. The maximum absolute atomic E-state index is 5.27. The minimum absolute atomic E-state index is 0.612. The zero-order valence-corrected chi connectivity index (χ0v) is 11.3. The van der Waals surface area contributed by atoms with Crippen molar-refractivity contribution in [3.63, 3.8) is 0 Å². The summed E-state index contributed by atoms with van der Waals surface area (Å²) in [6.07, 6.45) is 5.01. The van der Waals surface area contributed by atoms with Crippen LogP contribution in [-0.4, -0.2) is 27.1 Å². The van der Waals surface area contributed by atoms with E-state index in [9.17, 15) is 0 Å². The van der Waals surface area contributed by atoms with Crippen molar-refractivity contribution in [1.82, 2.24) is 0 Å². The second-order valence-corrected chi connectivity index (χ2v) is 3.82. The fraction of sp³-hybridized carbons (Fsp3) is 0.385. The second kappa shape index (κ2) is 7.12. The summed E-state index contributed by atoms with van der Waals surface area (Å²) in [6, 6.07) is 3.83. The smallest absolute Gasteiger partial charge is 0.203 e. The van der Waals surface area contributed by atoms with Gasteiger partial charge in [-0.15, -0.1) is 0 Å². The first kappa shape index (κ1) is 13.8. The SMILES string of the molecule is COc1cc(C=CCCS)cc(OC)c1OC. The highest BCUT2D eigenvalue weighted by Crippen LogP contribution is 2.38. The molecule has 0 aliphatic carbocycles. The molecule has 1 aromatic rings. The van der Waals surface area contributed by atoms with Gasteiger partial charge in [0, 0.05) is 0 Å². The Kier molecular flexibility index (Phi) is 5.77. The van der Waals surface area contributed by atoms with Gasteiger partial charge in [0.2, 0.25) is 5.75 Å². The Morgan fingerprint density at radius 1 is 1.06 bits per heavy atom. The van der Waals surface area contributed by atoms with E-state index in [1.807, 2.05) is 18.2 Å². The van der Waals surface area contributed by atoms with Crippen LogP contribution in [0.1, 0.15) is 12.0 Å². The van der Waals surface area contributed by atoms with Crippen molar-refractivity contribution < 1.29 is 14.2 Å². The van der Waals surface area contributed by atoms with Crippen LogP contribution in [0, 0.1) is 0 Å². The van der Waals surface area contributed by atoms with E-state index >= 15 is 0 Å². The number of benzene rings is 1. The van der Waals surface area contributed by atoms with Gasteiger partial charge in [-0.1, -0.05) is 12.2 Å². The van der Waals surface area contributed by atoms with Crippen LogP contribution in [0.15, 0.2) is 18.2 Å². The predicted octanol–water partition coefficient (Wildman–Crippen LogP) is 3.05. The monoisotopic (exact) mass is 254 g/mol. The standard InChI is InChI=1S/C13H18O3S/c1-14-11-8-10(6-4-5-7-17)9-12(15-2)13(11)16-3/h4,6,8-9,17H,5,7H2,1-3H3. The zero-order valence-electron chi connectivity index (χ0n) is 10.4. The molecule has 0 spiro atoms. The van der Waals surface area contributed by atoms with E-state index in [1.165, 1.54) is 0 Å². The zero-order chi connectivity index (χ0) is 12.7. The molecule has 0 bridgehead atoms. The topological polar surface area (TPSA) is 27.7 Å². The van der Waals surface area contributed by atoms with Crippen molar-refractivity contribution in [3.8, 4) is 17.2 Å². The molecule has 0 aliphatic heterocycles. The summed E-state index contributed by atoms with van der Waals surface area (Å²) < 4.78 is 15.8. The van der Waals surface area contributed by atoms with Crippen LogP contribution in [-0.2, 0) is 0 Å². The molecule has 1 aromatic carbocycles. The maximum atomic E-state index is 5.27. The number of rotatable bonds is 6. The largest absolute Gasteiger partial charge is 0.493 e. The van der Waals surface area contributed by atoms with Crippen molar-refractivity contribution in [2.75, 3.05) is 27.1 Å². The van der Waals surface area contributed by atoms with Crippen LogP contribution in [0.5, 0.6) is 17.2 Å². The summed E-state index contributed by atoms with van der Waals surface area (Å²) in [5.74, 6) is 2.78. The molecular weight excluding hydrogens is 236 g/mol. The van der Waals surface area contributed by atoms with Gasteiger partial charge in [0.05, 0.1) is 21.3 Å². The minimum atomic E-state index is 0.612. The second-order valence-electron chi connectivity index (χ2n) is 3.37. The molecule has 1 rings (SSSR count). The van der Waals surface area contributed by atoms with E-state index in [0.717, 1.165) is 17.7 Å². The van der Waals surface area contributed by atoms with Crippen LogP contribution in [0.2, 0.25) is 0 Å². The molecule has 0 fully saturated rings. The Morgan fingerprint density at radius 2 is 1.65 bits per heavy atom. The van der Waals surface area contributed by atoms with Gasteiger partial charge in [0.1, 0.15) is 0 Å². The summed E-state index contributed by atoms with van der Waals surface area (Å²) in [6.45, 7) is 0. The number of methoxy groups -OCH3 is 3. The van der Waals surface area contributed by atoms with Crippen LogP contribution in [0.4, 0.5) is 0 Å². The van der Waals surface area contributed by atoms with Gasteiger partial charge in [0.25, 0.3) is 0 Å². The van der Waals surface area contributed by atoms with Crippen molar-refractivity contribution in [2.45, 2.75) is 6.42 Å². The summed E-state index contributed by atoms with van der Waals surface area (Å²) in [5, 5.41) is 0. The van der Waals surface area contributed by atoms with E-state index < -0.39 is 0 Å². The minimum Gasteiger partial charge on any atom is -0.493 e. The molecule has 0 heterocycles. The van der Waals surface area contributed by atoms with Gasteiger partial charge in [0.15, 0.2) is 11.5 Å². The molecule has 0 unspecified atom stereocenters. The normalized spacial score (nSPS) is 10.6. The number of thiol groups is 1. The summed E-state index contributed by atoms with van der Waals surface area (Å²) in [5.41, 5.74) is 1.02. The van der Waals surface area contributed by atoms with Gasteiger partial charge >= 0.3 is 0 Å². The predicted molar refractivity (Wildman–Crippen MR) is 73.6 cm³/mol. The molecule has 0 radical (unpaired) electrons. The molecule has 0 aliphatic rings. The molecule has 0 atom stereocenters. The van der Waals surface area contributed by atoms with Gasteiger partial charge in [-0.3, -0.25) is 0 Å². The highest BCUT2D eigenvalue weighted by atomic mass is 32.1. The highest BCUT2D eigenvalue weighted by molar-refractivity contribution is 7.80. The van der Waals surface area contributed by atoms with Gasteiger partial charge in [-0.25, -0.2) is 0 Å². The Morgan fingerprint density at radius 3 is 2.06 bits per heavy atom. The first-order valence-corrected chi connectivity index (χ1v) is 5.97. The van der Waals surface area contributed by atoms with E-state index in [4.69, 9.17) is 14.2 Å². The van der Waals surface area contributed by atoms with Crippen LogP contribution < -0.4 is 14.2 Å². The lowest BCUT2D eigenvalue weighted by Crippen LogP contribution is -1.95. The first-order valence-electron chi connectivity index (χ1n) is 5.34. The maximum Gasteiger partial charge on any atom is 0.203 e. The molecule has 0 saturated heterocycles. The molecule has 17 heavy (non-hydrogen) atoms. The molecule has 94 valence electrons. The van der Waals surface area contributed by atoms with E-state index in [2.05, 4.69) is 18.7 Å². The lowest BCUT2D eigenvalue weighted by Gasteiger charge is -2.12. The molecule has 4 heteroatoms. The van der Waals surface area contributed by atoms with E-state index in [0.29, 0.717) is 17.2 Å². The quantitative estimate of drug-likeness (QED) is 0.791. The third kappa shape index (κ3) is 3.60. The average Bonchev–Trinajstić information content (AvgIpc) is 2.37. The van der Waals surface area contributed by atoms with E-state index in [1.54, 1.807) is 21.3 Å². The van der Waals surface area contributed by atoms with Crippen molar-refractivity contribution >= 4 is 18.7 Å². The lowest BCUT2D eigenvalue weighted by atomic mass is 10.1. The Labute approximate surface area is 108 Å². The third-order valence-electron chi connectivity index (χ3n) is 2.29. The van der Waals surface area contributed by atoms with Crippen molar-refractivity contribution in [2.24, 2.45) is 0 Å². The highest BCUT2D eigenvalue weighted by Gasteiger charge is 2.11. The molecular formula is C13H18O3S. The first-order chi connectivity index (χ1) is 8.26. The lowest BCUT2D eigenvalue weighted by molar-refractivity contribution is 0.324. The molecule has 0 N–H and O–H groups in total. The fourth-order valence-corrected chi connectivity index (χ4v) is 1.64. The Bertz CT molecular complexity index is 363. The molecule has 3 nitrogen and oxygen atoms in total. The van der Waals surface area contributed by atoms with Crippen molar-refractivity contribution in [1.29, 1.82) is 0 Å². The van der Waals surface area contributed by atoms with Gasteiger partial charge in [-0.2, -0.15) is 12.6 Å². The van der Waals surface area contributed by atoms with Gasteiger partial charge < -0.3 is 14.2 Å². The van der Waals surface area contributed by atoms with Gasteiger partial charge in [-0.05, 0) is 29.9 Å². The van der Waals surface area contributed by atoms with Crippen LogP contribution >= 0.6 is 12.6 Å². The molecule has 0 aromatic heterocycles. The number of hydrogen-bond donors (Lipinski definition) is 1. The Balaban J connectivity index is 3.08. The number of ether oxygens (including phenoxy) is 3. The third-order valence-corrected chi connectivity index (χ3v) is 2.55. The number of allylic oxidation sites excluding steroid dienone is 1. The number of hydrogen-bond acceptors (Lipinski definition) is 4. The summed E-state index contributed by atoms with van der Waals surface area (Å²) in [7, 11) is 4.81. The van der Waals surface area contributed by atoms with Crippen LogP contribution in [0.3, 0.4) is 0 Å². The molecule has 0 saturated carbocycles.